The fourth-order valence-electron chi connectivity index (χ4n) is 6.03. The summed E-state index contributed by atoms with van der Waals surface area (Å²) < 4.78 is 51.3. The molecule has 2 atom stereocenters. The lowest BCUT2D eigenvalue weighted by Crippen LogP contribution is -2.70. The number of sulfonamides is 1. The second-order valence-corrected chi connectivity index (χ2v) is 13.3. The predicted octanol–water partition coefficient (Wildman–Crippen LogP) is 3.64. The van der Waals surface area contributed by atoms with Crippen molar-refractivity contribution in [3.63, 3.8) is 0 Å². The van der Waals surface area contributed by atoms with E-state index in [4.69, 9.17) is 30.5 Å². The van der Waals surface area contributed by atoms with Crippen LogP contribution < -0.4 is 4.90 Å². The van der Waals surface area contributed by atoms with Crippen LogP contribution in [0.1, 0.15) is 34.2 Å². The first-order valence-electron chi connectivity index (χ1n) is 14.2. The molecule has 0 spiro atoms. The van der Waals surface area contributed by atoms with Gasteiger partial charge in [0, 0.05) is 30.7 Å². The van der Waals surface area contributed by atoms with Crippen LogP contribution in [-0.2, 0) is 48.1 Å². The number of aryl methyl sites for hydroxylation is 1. The number of anilines is 1. The summed E-state index contributed by atoms with van der Waals surface area (Å²) in [7, 11) is 2.47. The van der Waals surface area contributed by atoms with E-state index in [-0.39, 0.29) is 16.0 Å². The van der Waals surface area contributed by atoms with Crippen LogP contribution in [0.25, 0.3) is 0 Å². The highest BCUT2D eigenvalue weighted by Gasteiger charge is 2.71. The second-order valence-electron chi connectivity index (χ2n) is 11.0. The van der Waals surface area contributed by atoms with Crippen LogP contribution in [0.5, 0.6) is 0 Å². The smallest absolute Gasteiger partial charge is 0.339 e. The first-order valence-corrected chi connectivity index (χ1v) is 16.0. The molecule has 250 valence electrons. The number of methoxy groups -OCH3 is 4. The maximum atomic E-state index is 15.1. The molecule has 4 rings (SSSR count). The van der Waals surface area contributed by atoms with Crippen LogP contribution in [-0.4, -0.2) is 84.7 Å². The van der Waals surface area contributed by atoms with Gasteiger partial charge in [0.1, 0.15) is 0 Å². The van der Waals surface area contributed by atoms with Gasteiger partial charge < -0.3 is 23.8 Å². The number of halogens is 1. The highest BCUT2D eigenvalue weighted by molar-refractivity contribution is 7.89. The Bertz CT molecular complexity index is 1760. The van der Waals surface area contributed by atoms with Crippen molar-refractivity contribution in [1.29, 1.82) is 0 Å². The minimum absolute atomic E-state index is 0.100. The van der Waals surface area contributed by atoms with Crippen molar-refractivity contribution in [2.75, 3.05) is 47.4 Å². The molecule has 0 amide bonds. The monoisotopic (exact) mass is 686 g/mol. The normalized spacial score (nSPS) is 17.3. The Labute approximate surface area is 278 Å². The van der Waals surface area contributed by atoms with Crippen molar-refractivity contribution in [2.45, 2.75) is 29.3 Å². The molecule has 0 saturated heterocycles. The van der Waals surface area contributed by atoms with Gasteiger partial charge in [0.15, 0.2) is 5.92 Å². The number of benzene rings is 3. The molecule has 1 aliphatic rings. The van der Waals surface area contributed by atoms with Gasteiger partial charge in [-0.15, -0.1) is 0 Å². The van der Waals surface area contributed by atoms with Crippen LogP contribution in [0.3, 0.4) is 0 Å². The molecule has 47 heavy (non-hydrogen) atoms. The van der Waals surface area contributed by atoms with Crippen molar-refractivity contribution in [1.82, 2.24) is 4.31 Å². The summed E-state index contributed by atoms with van der Waals surface area (Å²) in [5.74, 6) is -9.19. The van der Waals surface area contributed by atoms with E-state index in [9.17, 15) is 19.2 Å². The number of nitrogens with zero attached hydrogens (tertiary/aromatic N) is 2. The van der Waals surface area contributed by atoms with E-state index in [0.29, 0.717) is 20.6 Å². The van der Waals surface area contributed by atoms with E-state index in [1.54, 1.807) is 68.4 Å². The molecule has 3 aromatic carbocycles. The lowest BCUT2D eigenvalue weighted by atomic mass is 9.65. The molecule has 0 saturated carbocycles. The van der Waals surface area contributed by atoms with Gasteiger partial charge in [-0.2, -0.15) is 4.31 Å². The molecule has 0 fully saturated rings. The Hall–Kier alpha value is -4.46. The van der Waals surface area contributed by atoms with Crippen molar-refractivity contribution in [3.05, 3.63) is 94.0 Å². The van der Waals surface area contributed by atoms with Gasteiger partial charge in [0.05, 0.1) is 39.4 Å². The van der Waals surface area contributed by atoms with Gasteiger partial charge in [0.25, 0.3) is 0 Å². The molecule has 0 bridgehead atoms. The lowest BCUT2D eigenvalue weighted by molar-refractivity contribution is -0.177. The topological polar surface area (TPSA) is 146 Å². The van der Waals surface area contributed by atoms with Gasteiger partial charge >= 0.3 is 23.9 Å². The van der Waals surface area contributed by atoms with Crippen molar-refractivity contribution >= 4 is 51.2 Å². The lowest BCUT2D eigenvalue weighted by Gasteiger charge is -2.52. The highest BCUT2D eigenvalue weighted by Crippen LogP contribution is 2.56. The minimum Gasteiger partial charge on any atom is -0.468 e. The Kier molecular flexibility index (Phi) is 10.3. The van der Waals surface area contributed by atoms with Crippen molar-refractivity contribution < 1.29 is 46.5 Å². The molecule has 0 aromatic heterocycles. The Morgan fingerprint density at radius 3 is 1.79 bits per heavy atom. The van der Waals surface area contributed by atoms with Crippen LogP contribution >= 0.6 is 11.6 Å². The minimum atomic E-state index is -4.92. The third-order valence-electron chi connectivity index (χ3n) is 8.25. The average Bonchev–Trinajstić information content (AvgIpc) is 3.07. The molecule has 12 nitrogen and oxygen atoms in total. The molecule has 0 aliphatic carbocycles. The summed E-state index contributed by atoms with van der Waals surface area (Å²) in [5, 5.41) is 0.335. The van der Waals surface area contributed by atoms with Crippen LogP contribution in [0.4, 0.5) is 5.69 Å². The number of ether oxygens (including phenoxy) is 4. The maximum absolute atomic E-state index is 15.1. The first kappa shape index (κ1) is 35.4. The number of hydrogen-bond donors (Lipinski definition) is 0. The molecule has 3 aromatic rings. The molecular formula is C33H35ClN2O10S. The number of esters is 4. The molecule has 0 radical (unpaired) electrons. The fourth-order valence-corrected chi connectivity index (χ4v) is 8.02. The number of carbonyl (C=O) groups is 4. The quantitative estimate of drug-likeness (QED) is 0.185. The van der Waals surface area contributed by atoms with Crippen LogP contribution in [0, 0.1) is 12.8 Å². The second kappa shape index (κ2) is 13.7. The van der Waals surface area contributed by atoms with Gasteiger partial charge in [-0.1, -0.05) is 47.5 Å². The fraction of sp³-hybridized carbons (Fsp3) is 0.333. The summed E-state index contributed by atoms with van der Waals surface area (Å²) in [4.78, 5) is 57.5. The first-order chi connectivity index (χ1) is 22.2. The van der Waals surface area contributed by atoms with Gasteiger partial charge in [-0.3, -0.25) is 9.59 Å². The SMILES string of the molecule is COC(=O)C(C(=O)OC)[C@@H]1c2cc(N(C)C)ccc2[C@@H](c2ccc(Cl)cc2)N(S(=O)(=O)c2ccc(C)cc2)C1(C(=O)OC)C(=O)OC. The molecule has 1 heterocycles. The summed E-state index contributed by atoms with van der Waals surface area (Å²) in [6, 6.07) is 15.3. The molecule has 0 unspecified atom stereocenters. The number of rotatable bonds is 9. The molecule has 14 heteroatoms. The summed E-state index contributed by atoms with van der Waals surface area (Å²) in [5.41, 5.74) is -1.12. The Morgan fingerprint density at radius 1 is 0.787 bits per heavy atom. The predicted molar refractivity (Wildman–Crippen MR) is 171 cm³/mol. The van der Waals surface area contributed by atoms with Gasteiger partial charge in [-0.25, -0.2) is 18.0 Å². The van der Waals surface area contributed by atoms with Crippen LogP contribution in [0.15, 0.2) is 71.6 Å². The highest BCUT2D eigenvalue weighted by atomic mass is 35.5. The number of hydrogen-bond acceptors (Lipinski definition) is 11. The van der Waals surface area contributed by atoms with E-state index < -0.39 is 57.3 Å². The number of fused-ring (bicyclic) bond motifs is 1. The van der Waals surface area contributed by atoms with Gasteiger partial charge in [-0.05, 0) is 60.0 Å². The molecule has 0 N–H and O–H groups in total. The van der Waals surface area contributed by atoms with Crippen molar-refractivity contribution in [2.24, 2.45) is 5.92 Å². The Balaban J connectivity index is 2.36. The van der Waals surface area contributed by atoms with E-state index in [0.717, 1.165) is 34.0 Å². The average molecular weight is 687 g/mol. The standard InChI is InChI=1S/C33H35ClN2O10S/c1-19-8-15-23(16-9-19)47(41,42)36-28(20-10-12-21(34)13-11-20)24-17-14-22(35(2)3)18-25(24)27(26(29(37)43-4)30(38)44-5)33(36,31(39)45-6)32(40)46-7/h8-18,26-28H,1-7H3/t27-,28+/m0/s1. The van der Waals surface area contributed by atoms with E-state index in [1.165, 1.54) is 24.3 Å². The van der Waals surface area contributed by atoms with E-state index >= 15 is 8.42 Å². The largest absolute Gasteiger partial charge is 0.468 e. The summed E-state index contributed by atoms with van der Waals surface area (Å²) in [6.07, 6.45) is 0. The van der Waals surface area contributed by atoms with E-state index in [1.807, 2.05) is 0 Å². The molecular weight excluding hydrogens is 652 g/mol. The zero-order chi connectivity index (χ0) is 34.8. The summed E-state index contributed by atoms with van der Waals surface area (Å²) >= 11 is 6.22. The maximum Gasteiger partial charge on any atom is 0.339 e. The van der Waals surface area contributed by atoms with Crippen LogP contribution in [0.2, 0.25) is 5.02 Å². The van der Waals surface area contributed by atoms with E-state index in [2.05, 4.69) is 0 Å². The van der Waals surface area contributed by atoms with Crippen molar-refractivity contribution in [3.8, 4) is 0 Å². The summed E-state index contributed by atoms with van der Waals surface area (Å²) in [6.45, 7) is 1.76. The zero-order valence-electron chi connectivity index (χ0n) is 26.8. The third-order valence-corrected chi connectivity index (χ3v) is 10.4. The molecule has 1 aliphatic heterocycles. The third kappa shape index (κ3) is 5.94. The number of carbonyl (C=O) groups excluding carboxylic acids is 4. The Morgan fingerprint density at radius 2 is 1.32 bits per heavy atom. The zero-order valence-corrected chi connectivity index (χ0v) is 28.4. The van der Waals surface area contributed by atoms with Gasteiger partial charge in [0.2, 0.25) is 15.6 Å².